The quantitative estimate of drug-likeness (QED) is 0.570. The minimum absolute atomic E-state index is 0.00930. The van der Waals surface area contributed by atoms with Crippen molar-refractivity contribution in [2.75, 3.05) is 26.2 Å². The average Bonchev–Trinajstić information content (AvgIpc) is 2.35. The number of likely N-dealkylation sites (tertiary alicyclic amines) is 1. The van der Waals surface area contributed by atoms with Crippen LogP contribution in [-0.4, -0.2) is 54.1 Å². The summed E-state index contributed by atoms with van der Waals surface area (Å²) in [5, 5.41) is 11.9. The summed E-state index contributed by atoms with van der Waals surface area (Å²) < 4.78 is 0. The van der Waals surface area contributed by atoms with Gasteiger partial charge in [-0.2, -0.15) is 0 Å². The maximum absolute atomic E-state index is 11.7. The van der Waals surface area contributed by atoms with E-state index >= 15 is 0 Å². The molecule has 0 saturated carbocycles. The van der Waals surface area contributed by atoms with E-state index in [4.69, 9.17) is 5.73 Å². The second kappa shape index (κ2) is 6.56. The van der Waals surface area contributed by atoms with Crippen molar-refractivity contribution >= 4 is 11.8 Å². The van der Waals surface area contributed by atoms with Crippen molar-refractivity contribution in [2.45, 2.75) is 25.9 Å². The van der Waals surface area contributed by atoms with Gasteiger partial charge in [0.05, 0.1) is 19.2 Å². The van der Waals surface area contributed by atoms with Crippen molar-refractivity contribution in [3.63, 3.8) is 0 Å². The summed E-state index contributed by atoms with van der Waals surface area (Å²) in [7, 11) is 0. The molecule has 0 radical (unpaired) electrons. The number of nitrogens with zero attached hydrogens (tertiary/aromatic N) is 1. The smallest absolute Gasteiger partial charge is 0.241 e. The number of nitrogens with two attached hydrogens (primary N) is 1. The minimum Gasteiger partial charge on any atom is -0.393 e. The zero-order valence-corrected chi connectivity index (χ0v) is 10.2. The van der Waals surface area contributed by atoms with Gasteiger partial charge in [-0.05, 0) is 25.7 Å². The Bertz CT molecular complexity index is 273. The van der Waals surface area contributed by atoms with Gasteiger partial charge < -0.3 is 21.1 Å². The lowest BCUT2D eigenvalue weighted by atomic mass is 9.92. The molecule has 4 N–H and O–H groups in total. The summed E-state index contributed by atoms with van der Waals surface area (Å²) in [6, 6.07) is 0. The van der Waals surface area contributed by atoms with Crippen molar-refractivity contribution in [3.8, 4) is 0 Å². The van der Waals surface area contributed by atoms with Crippen LogP contribution >= 0.6 is 0 Å². The number of hydrogen-bond donors (Lipinski definition) is 3. The Morgan fingerprint density at radius 1 is 1.47 bits per heavy atom. The molecule has 1 heterocycles. The van der Waals surface area contributed by atoms with Gasteiger partial charge in [0.15, 0.2) is 0 Å². The maximum atomic E-state index is 11.7. The molecule has 0 aromatic carbocycles. The van der Waals surface area contributed by atoms with Crippen molar-refractivity contribution < 1.29 is 14.7 Å². The summed E-state index contributed by atoms with van der Waals surface area (Å²) in [4.78, 5) is 24.3. The van der Waals surface area contributed by atoms with Gasteiger partial charge in [-0.15, -0.1) is 0 Å². The highest BCUT2D eigenvalue weighted by Gasteiger charge is 2.25. The molecular formula is C11H21N3O3. The van der Waals surface area contributed by atoms with Crippen LogP contribution in [0.4, 0.5) is 0 Å². The van der Waals surface area contributed by atoms with Gasteiger partial charge in [-0.25, -0.2) is 0 Å². The Hall–Kier alpha value is -1.14. The predicted molar refractivity (Wildman–Crippen MR) is 63.0 cm³/mol. The molecule has 1 saturated heterocycles. The Morgan fingerprint density at radius 3 is 2.53 bits per heavy atom. The first kappa shape index (κ1) is 13.9. The van der Waals surface area contributed by atoms with E-state index in [2.05, 4.69) is 5.32 Å². The lowest BCUT2D eigenvalue weighted by Gasteiger charge is -2.33. The number of aliphatic hydroxyl groups excluding tert-OH is 1. The predicted octanol–water partition coefficient (Wildman–Crippen LogP) is -1.32. The first-order valence-corrected chi connectivity index (χ1v) is 5.97. The third kappa shape index (κ3) is 4.32. The summed E-state index contributed by atoms with van der Waals surface area (Å²) in [5.41, 5.74) is 5.12. The molecule has 0 aromatic rings. The van der Waals surface area contributed by atoms with Crippen LogP contribution in [0, 0.1) is 5.92 Å². The zero-order chi connectivity index (χ0) is 12.8. The number of nitrogens with one attached hydrogen (secondary N) is 1. The summed E-state index contributed by atoms with van der Waals surface area (Å²) in [5.74, 6) is -0.134. The Morgan fingerprint density at radius 2 is 2.06 bits per heavy atom. The number of carbonyl (C=O) groups is 2. The molecule has 1 aliphatic heterocycles. The minimum atomic E-state index is -0.322. The van der Waals surface area contributed by atoms with Crippen LogP contribution in [-0.2, 0) is 9.59 Å². The van der Waals surface area contributed by atoms with Crippen LogP contribution in [0.1, 0.15) is 19.8 Å². The molecule has 0 bridgehead atoms. The highest BCUT2D eigenvalue weighted by molar-refractivity contribution is 5.85. The Kier molecular flexibility index (Phi) is 5.37. The van der Waals surface area contributed by atoms with Crippen LogP contribution in [0.15, 0.2) is 0 Å². The van der Waals surface area contributed by atoms with Crippen LogP contribution in [0.5, 0.6) is 0 Å². The molecule has 1 fully saturated rings. The van der Waals surface area contributed by atoms with Crippen molar-refractivity contribution in [3.05, 3.63) is 0 Å². The zero-order valence-electron chi connectivity index (χ0n) is 10.2. The molecule has 17 heavy (non-hydrogen) atoms. The van der Waals surface area contributed by atoms with Gasteiger partial charge >= 0.3 is 0 Å². The van der Waals surface area contributed by atoms with E-state index in [9.17, 15) is 14.7 Å². The molecule has 0 aliphatic carbocycles. The Labute approximate surface area is 101 Å². The van der Waals surface area contributed by atoms with Gasteiger partial charge in [0.2, 0.25) is 11.8 Å². The second-order valence-electron chi connectivity index (χ2n) is 4.44. The van der Waals surface area contributed by atoms with Gasteiger partial charge in [0, 0.05) is 13.1 Å². The van der Waals surface area contributed by atoms with E-state index < -0.39 is 0 Å². The number of amides is 2. The van der Waals surface area contributed by atoms with E-state index in [1.54, 1.807) is 11.8 Å². The van der Waals surface area contributed by atoms with Crippen LogP contribution < -0.4 is 11.1 Å². The lowest BCUT2D eigenvalue weighted by molar-refractivity contribution is -0.134. The first-order valence-electron chi connectivity index (χ1n) is 5.97. The van der Waals surface area contributed by atoms with Gasteiger partial charge in [-0.3, -0.25) is 9.59 Å². The number of rotatable bonds is 4. The van der Waals surface area contributed by atoms with E-state index in [0.717, 1.165) is 12.8 Å². The summed E-state index contributed by atoms with van der Waals surface area (Å²) in [6.45, 7) is 2.98. The van der Waals surface area contributed by atoms with Crippen LogP contribution in [0.2, 0.25) is 0 Å². The topological polar surface area (TPSA) is 95.7 Å². The molecule has 2 amide bonds. The maximum Gasteiger partial charge on any atom is 0.241 e. The highest BCUT2D eigenvalue weighted by Crippen LogP contribution is 2.20. The normalized spacial score (nSPS) is 18.9. The fraction of sp³-hybridized carbons (Fsp3) is 0.818. The van der Waals surface area contributed by atoms with Crippen molar-refractivity contribution in [2.24, 2.45) is 11.7 Å². The molecule has 1 atom stereocenters. The number of piperidine rings is 1. The van der Waals surface area contributed by atoms with Crippen molar-refractivity contribution in [1.82, 2.24) is 10.2 Å². The van der Waals surface area contributed by atoms with Crippen molar-refractivity contribution in [1.29, 1.82) is 0 Å². The average molecular weight is 243 g/mol. The fourth-order valence-corrected chi connectivity index (χ4v) is 1.99. The van der Waals surface area contributed by atoms with E-state index in [1.807, 2.05) is 0 Å². The molecule has 1 aliphatic rings. The molecular weight excluding hydrogens is 222 g/mol. The SMILES string of the molecule is CC(O)C1CCN(C(=O)CNC(=O)CN)CC1. The molecule has 1 unspecified atom stereocenters. The third-order valence-electron chi connectivity index (χ3n) is 3.20. The standard InChI is InChI=1S/C11H21N3O3/c1-8(15)9-2-4-14(5-3-9)11(17)7-13-10(16)6-12/h8-9,15H,2-7,12H2,1H3,(H,13,16). The Balaban J connectivity index is 2.28. The van der Waals surface area contributed by atoms with Crippen LogP contribution in [0.25, 0.3) is 0 Å². The molecule has 98 valence electrons. The summed E-state index contributed by atoms with van der Waals surface area (Å²) >= 11 is 0. The van der Waals surface area contributed by atoms with E-state index in [0.29, 0.717) is 13.1 Å². The molecule has 1 rings (SSSR count). The second-order valence-corrected chi connectivity index (χ2v) is 4.44. The van der Waals surface area contributed by atoms with Gasteiger partial charge in [0.25, 0.3) is 0 Å². The van der Waals surface area contributed by atoms with Gasteiger partial charge in [0.1, 0.15) is 0 Å². The monoisotopic (exact) mass is 243 g/mol. The van der Waals surface area contributed by atoms with Gasteiger partial charge in [-0.1, -0.05) is 0 Å². The lowest BCUT2D eigenvalue weighted by Crippen LogP contribution is -2.46. The number of aliphatic hydroxyl groups is 1. The van der Waals surface area contributed by atoms with Crippen LogP contribution in [0.3, 0.4) is 0 Å². The first-order chi connectivity index (χ1) is 8.04. The molecule has 6 nitrogen and oxygen atoms in total. The van der Waals surface area contributed by atoms with E-state index in [1.165, 1.54) is 0 Å². The van der Waals surface area contributed by atoms with E-state index in [-0.39, 0.29) is 36.9 Å². The molecule has 6 heteroatoms. The largest absolute Gasteiger partial charge is 0.393 e. The highest BCUT2D eigenvalue weighted by atomic mass is 16.3. The summed E-state index contributed by atoms with van der Waals surface area (Å²) in [6.07, 6.45) is 1.31. The molecule has 0 aromatic heterocycles. The number of carbonyl (C=O) groups excluding carboxylic acids is 2. The third-order valence-corrected chi connectivity index (χ3v) is 3.20. The molecule has 0 spiro atoms. The fourth-order valence-electron chi connectivity index (χ4n) is 1.99. The number of hydrogen-bond acceptors (Lipinski definition) is 4.